The number of likely N-dealkylation sites (N-methyl/N-ethyl adjacent to an activating group) is 2. The van der Waals surface area contributed by atoms with Gasteiger partial charge >= 0.3 is 0 Å². The topological polar surface area (TPSA) is 47.1 Å². The Kier molecular flexibility index (Phi) is 7.11. The van der Waals surface area contributed by atoms with Crippen molar-refractivity contribution in [1.29, 1.82) is 0 Å². The molecule has 24 heavy (non-hydrogen) atoms. The highest BCUT2D eigenvalue weighted by molar-refractivity contribution is 5.79. The van der Waals surface area contributed by atoms with Crippen molar-refractivity contribution < 1.29 is 9.59 Å². The maximum absolute atomic E-state index is 12.4. The molecule has 0 saturated heterocycles. The molecule has 0 aromatic heterocycles. The highest BCUT2D eigenvalue weighted by atomic mass is 16.2. The third-order valence-corrected chi connectivity index (χ3v) is 4.70. The number of rotatable bonds is 7. The van der Waals surface area contributed by atoms with Crippen LogP contribution in [0.1, 0.15) is 41.5 Å². The van der Waals surface area contributed by atoms with Gasteiger partial charge in [-0.25, -0.2) is 0 Å². The fourth-order valence-corrected chi connectivity index (χ4v) is 2.71. The van der Waals surface area contributed by atoms with Crippen LogP contribution in [0.5, 0.6) is 0 Å². The van der Waals surface area contributed by atoms with E-state index in [-0.39, 0.29) is 30.1 Å². The lowest BCUT2D eigenvalue weighted by atomic mass is 10.1. The van der Waals surface area contributed by atoms with E-state index in [9.17, 15) is 9.59 Å². The zero-order chi connectivity index (χ0) is 18.6. The first-order valence-corrected chi connectivity index (χ1v) is 8.77. The number of carbonyl (C=O) groups excluding carboxylic acids is 2. The Morgan fingerprint density at radius 3 is 1.42 bits per heavy atom. The van der Waals surface area contributed by atoms with Gasteiger partial charge in [0.2, 0.25) is 11.8 Å². The fraction of sp³-hybridized carbons (Fsp3) is 0.778. The molecule has 1 heterocycles. The van der Waals surface area contributed by atoms with Gasteiger partial charge in [0.05, 0.1) is 13.1 Å². The van der Waals surface area contributed by atoms with E-state index in [1.165, 1.54) is 0 Å². The minimum absolute atomic E-state index is 0.0269. The number of hydrogen-bond acceptors (Lipinski definition) is 4. The summed E-state index contributed by atoms with van der Waals surface area (Å²) in [4.78, 5) is 32.4. The van der Waals surface area contributed by atoms with E-state index in [0.717, 1.165) is 0 Å². The number of carbonyl (C=O) groups is 2. The Bertz CT molecular complexity index is 436. The van der Waals surface area contributed by atoms with E-state index in [0.29, 0.717) is 19.0 Å². The Morgan fingerprint density at radius 2 is 1.17 bits per heavy atom. The molecule has 138 valence electrons. The number of nitrogens with zero attached hydrogens (tertiary/aromatic N) is 4. The molecule has 0 N–H and O–H groups in total. The van der Waals surface area contributed by atoms with E-state index in [1.54, 1.807) is 9.80 Å². The van der Waals surface area contributed by atoms with Gasteiger partial charge in [-0.15, -0.1) is 0 Å². The normalized spacial score (nSPS) is 15.1. The molecule has 1 aliphatic heterocycles. The van der Waals surface area contributed by atoms with Crippen molar-refractivity contribution in [3.8, 4) is 0 Å². The first kappa shape index (κ1) is 20.3. The molecule has 0 radical (unpaired) electrons. The van der Waals surface area contributed by atoms with Crippen LogP contribution < -0.4 is 0 Å². The molecule has 0 saturated carbocycles. The van der Waals surface area contributed by atoms with Crippen molar-refractivity contribution in [3.05, 3.63) is 12.4 Å². The lowest BCUT2D eigenvalue weighted by Crippen LogP contribution is -2.50. The minimum atomic E-state index is 0.0269. The van der Waals surface area contributed by atoms with Gasteiger partial charge < -0.3 is 19.6 Å². The Labute approximate surface area is 147 Å². The lowest BCUT2D eigenvalue weighted by Gasteiger charge is -2.37. The summed E-state index contributed by atoms with van der Waals surface area (Å²) in [5.74, 6) is 0.481. The van der Waals surface area contributed by atoms with Crippen LogP contribution >= 0.6 is 0 Å². The molecule has 0 fully saturated rings. The van der Waals surface area contributed by atoms with Gasteiger partial charge in [-0.2, -0.15) is 0 Å². The van der Waals surface area contributed by atoms with E-state index in [1.807, 2.05) is 64.0 Å². The third-order valence-electron chi connectivity index (χ3n) is 4.70. The molecule has 1 rings (SSSR count). The van der Waals surface area contributed by atoms with Crippen molar-refractivity contribution in [3.63, 3.8) is 0 Å². The lowest BCUT2D eigenvalue weighted by molar-refractivity contribution is -0.134. The molecule has 6 heteroatoms. The van der Waals surface area contributed by atoms with Crippen molar-refractivity contribution in [2.45, 2.75) is 59.8 Å². The van der Waals surface area contributed by atoms with Crippen LogP contribution in [0, 0.1) is 5.92 Å². The van der Waals surface area contributed by atoms with Gasteiger partial charge in [0.1, 0.15) is 6.17 Å². The summed E-state index contributed by atoms with van der Waals surface area (Å²) < 4.78 is 0. The molecular formula is C18H34N4O2. The maximum Gasteiger partial charge on any atom is 0.242 e. The van der Waals surface area contributed by atoms with Gasteiger partial charge in [-0.1, -0.05) is 13.8 Å². The van der Waals surface area contributed by atoms with Gasteiger partial charge in [0.15, 0.2) is 0 Å². The molecule has 0 spiro atoms. The molecule has 2 amide bonds. The van der Waals surface area contributed by atoms with E-state index in [2.05, 4.69) is 13.8 Å². The summed E-state index contributed by atoms with van der Waals surface area (Å²) in [6, 6.07) is 0.359. The zero-order valence-electron chi connectivity index (χ0n) is 16.5. The zero-order valence-corrected chi connectivity index (χ0v) is 16.5. The summed E-state index contributed by atoms with van der Waals surface area (Å²) in [6.45, 7) is 12.9. The fourth-order valence-electron chi connectivity index (χ4n) is 2.71. The molecule has 0 aliphatic carbocycles. The summed E-state index contributed by atoms with van der Waals surface area (Å²) in [7, 11) is 3.66. The van der Waals surface area contributed by atoms with Gasteiger partial charge in [0, 0.05) is 38.6 Å². The standard InChI is InChI=1S/C18H34N4O2/c1-13(2)18-21(11-16(23)19(7)14(3)4)9-10-22(18)12-17(24)20(8)15(5)6/h9-10,13-15,18H,11-12H2,1-8H3. The highest BCUT2D eigenvalue weighted by Crippen LogP contribution is 2.23. The Morgan fingerprint density at radius 1 is 0.833 bits per heavy atom. The molecule has 0 aromatic rings. The van der Waals surface area contributed by atoms with Crippen LogP contribution in [0.25, 0.3) is 0 Å². The quantitative estimate of drug-likeness (QED) is 0.710. The van der Waals surface area contributed by atoms with Crippen LogP contribution in [-0.4, -0.2) is 76.8 Å². The average molecular weight is 338 g/mol. The average Bonchev–Trinajstić information content (AvgIpc) is 2.87. The highest BCUT2D eigenvalue weighted by Gasteiger charge is 2.32. The predicted octanol–water partition coefficient (Wildman–Crippen LogP) is 1.79. The molecular weight excluding hydrogens is 304 g/mol. The van der Waals surface area contributed by atoms with Crippen LogP contribution in [0.2, 0.25) is 0 Å². The summed E-state index contributed by atoms with van der Waals surface area (Å²) in [5.41, 5.74) is 0. The number of amides is 2. The van der Waals surface area contributed by atoms with E-state index in [4.69, 9.17) is 0 Å². The summed E-state index contributed by atoms with van der Waals surface area (Å²) >= 11 is 0. The molecule has 0 bridgehead atoms. The van der Waals surface area contributed by atoms with Crippen LogP contribution in [-0.2, 0) is 9.59 Å². The second kappa shape index (κ2) is 8.40. The maximum atomic E-state index is 12.4. The Balaban J connectivity index is 2.77. The summed E-state index contributed by atoms with van der Waals surface area (Å²) in [6.07, 6.45) is 3.89. The largest absolute Gasteiger partial charge is 0.347 e. The second-order valence-electron chi connectivity index (χ2n) is 7.50. The van der Waals surface area contributed by atoms with Crippen molar-refractivity contribution >= 4 is 11.8 Å². The van der Waals surface area contributed by atoms with Crippen LogP contribution in [0.3, 0.4) is 0 Å². The van der Waals surface area contributed by atoms with Crippen molar-refractivity contribution in [2.75, 3.05) is 27.2 Å². The summed E-state index contributed by atoms with van der Waals surface area (Å²) in [5, 5.41) is 0. The second-order valence-corrected chi connectivity index (χ2v) is 7.50. The van der Waals surface area contributed by atoms with E-state index < -0.39 is 0 Å². The molecule has 1 aliphatic rings. The van der Waals surface area contributed by atoms with Gasteiger partial charge in [-0.05, 0) is 33.6 Å². The smallest absolute Gasteiger partial charge is 0.242 e. The molecule has 0 aromatic carbocycles. The van der Waals surface area contributed by atoms with Crippen LogP contribution in [0.15, 0.2) is 12.4 Å². The van der Waals surface area contributed by atoms with Crippen molar-refractivity contribution in [1.82, 2.24) is 19.6 Å². The third kappa shape index (κ3) is 4.89. The SMILES string of the molecule is CC(C)C1N(CC(=O)N(C)C(C)C)C=CN1CC(=O)N(C)C(C)C. The van der Waals surface area contributed by atoms with Gasteiger partial charge in [-0.3, -0.25) is 9.59 Å². The first-order valence-electron chi connectivity index (χ1n) is 8.77. The van der Waals surface area contributed by atoms with E-state index >= 15 is 0 Å². The number of hydrogen-bond donors (Lipinski definition) is 0. The minimum Gasteiger partial charge on any atom is -0.347 e. The Hall–Kier alpha value is -1.72. The monoisotopic (exact) mass is 338 g/mol. The first-order chi connectivity index (χ1) is 11.1. The van der Waals surface area contributed by atoms with Crippen molar-refractivity contribution in [2.24, 2.45) is 5.92 Å². The molecule has 6 nitrogen and oxygen atoms in total. The molecule has 0 atom stereocenters. The van der Waals surface area contributed by atoms with Crippen LogP contribution in [0.4, 0.5) is 0 Å². The molecule has 0 unspecified atom stereocenters. The predicted molar refractivity (Wildman–Crippen MR) is 97.0 cm³/mol. The van der Waals surface area contributed by atoms with Gasteiger partial charge in [0.25, 0.3) is 0 Å².